The highest BCUT2D eigenvalue weighted by Crippen LogP contribution is 2.26. The van der Waals surface area contributed by atoms with E-state index < -0.39 is 0 Å². The number of aryl methyl sites for hydroxylation is 1. The van der Waals surface area contributed by atoms with Crippen LogP contribution in [0.25, 0.3) is 0 Å². The van der Waals surface area contributed by atoms with E-state index in [9.17, 15) is 0 Å². The van der Waals surface area contributed by atoms with E-state index in [1.165, 1.54) is 11.1 Å². The highest BCUT2D eigenvalue weighted by molar-refractivity contribution is 5.39. The Morgan fingerprint density at radius 2 is 1.95 bits per heavy atom. The molecule has 1 N–H and O–H groups in total. The Hall–Kier alpha value is -1.06. The molecular formula is C16H27NO2. The molecule has 0 spiro atoms. The zero-order valence-corrected chi connectivity index (χ0v) is 12.8. The number of ether oxygens (including phenoxy) is 2. The van der Waals surface area contributed by atoms with Crippen molar-refractivity contribution in [2.24, 2.45) is 5.92 Å². The van der Waals surface area contributed by atoms with Gasteiger partial charge in [-0.05, 0) is 25.5 Å². The van der Waals surface area contributed by atoms with Crippen LogP contribution < -0.4 is 10.1 Å². The summed E-state index contributed by atoms with van der Waals surface area (Å²) in [5.74, 6) is 1.48. The minimum absolute atomic E-state index is 0.179. The van der Waals surface area contributed by atoms with Crippen molar-refractivity contribution < 1.29 is 9.47 Å². The summed E-state index contributed by atoms with van der Waals surface area (Å²) in [6.07, 6.45) is 0. The first-order chi connectivity index (χ1) is 9.08. The van der Waals surface area contributed by atoms with Crippen molar-refractivity contribution >= 4 is 0 Å². The lowest BCUT2D eigenvalue weighted by Gasteiger charge is -2.22. The van der Waals surface area contributed by atoms with Crippen LogP contribution in [0.1, 0.15) is 37.9 Å². The lowest BCUT2D eigenvalue weighted by molar-refractivity contribution is 0.0899. The van der Waals surface area contributed by atoms with Crippen LogP contribution in [-0.4, -0.2) is 26.9 Å². The second-order valence-corrected chi connectivity index (χ2v) is 5.29. The highest BCUT2D eigenvalue weighted by atomic mass is 16.5. The number of methoxy groups -OCH3 is 1. The largest absolute Gasteiger partial charge is 0.496 e. The molecule has 1 unspecified atom stereocenters. The first-order valence-corrected chi connectivity index (χ1v) is 7.04. The lowest BCUT2D eigenvalue weighted by Crippen LogP contribution is -2.26. The van der Waals surface area contributed by atoms with Gasteiger partial charge in [0.05, 0.1) is 19.8 Å². The monoisotopic (exact) mass is 265 g/mol. The normalized spacial score (nSPS) is 12.7. The number of hydrogen-bond acceptors (Lipinski definition) is 3. The summed E-state index contributed by atoms with van der Waals surface area (Å²) in [5, 5.41) is 3.47. The molecule has 0 fully saturated rings. The maximum atomic E-state index is 5.79. The van der Waals surface area contributed by atoms with E-state index in [1.54, 1.807) is 7.11 Å². The van der Waals surface area contributed by atoms with Crippen LogP contribution in [0.2, 0.25) is 0 Å². The number of benzene rings is 1. The molecule has 3 heteroatoms. The Labute approximate surface area is 117 Å². The number of hydrogen-bond donors (Lipinski definition) is 1. The minimum atomic E-state index is 0.179. The fourth-order valence-corrected chi connectivity index (χ4v) is 2.05. The molecule has 0 aromatic heterocycles. The van der Waals surface area contributed by atoms with Crippen LogP contribution in [0.15, 0.2) is 18.2 Å². The van der Waals surface area contributed by atoms with Gasteiger partial charge in [0.15, 0.2) is 0 Å². The number of likely N-dealkylation sites (N-methyl/N-ethyl adjacent to an activating group) is 1. The molecule has 1 atom stereocenters. The summed E-state index contributed by atoms with van der Waals surface area (Å²) in [4.78, 5) is 0. The van der Waals surface area contributed by atoms with Crippen molar-refractivity contribution in [1.82, 2.24) is 5.32 Å². The Morgan fingerprint density at radius 1 is 1.21 bits per heavy atom. The number of rotatable bonds is 8. The summed E-state index contributed by atoms with van der Waals surface area (Å²) in [6, 6.07) is 6.45. The van der Waals surface area contributed by atoms with Gasteiger partial charge < -0.3 is 14.8 Å². The van der Waals surface area contributed by atoms with Crippen molar-refractivity contribution in [3.8, 4) is 5.75 Å². The van der Waals surface area contributed by atoms with E-state index in [0.717, 1.165) is 18.9 Å². The SMILES string of the molecule is CCNC(COCC(C)C)c1cc(C)ccc1OC. The van der Waals surface area contributed by atoms with Gasteiger partial charge in [0.2, 0.25) is 0 Å². The van der Waals surface area contributed by atoms with Gasteiger partial charge in [-0.2, -0.15) is 0 Å². The summed E-state index contributed by atoms with van der Waals surface area (Å²) in [7, 11) is 1.71. The van der Waals surface area contributed by atoms with Crippen LogP contribution in [0.5, 0.6) is 5.75 Å². The van der Waals surface area contributed by atoms with E-state index in [4.69, 9.17) is 9.47 Å². The van der Waals surface area contributed by atoms with Crippen LogP contribution in [0, 0.1) is 12.8 Å². The summed E-state index contributed by atoms with van der Waals surface area (Å²) < 4.78 is 11.2. The molecule has 0 aliphatic carbocycles. The van der Waals surface area contributed by atoms with E-state index in [1.807, 2.05) is 6.07 Å². The first-order valence-electron chi connectivity index (χ1n) is 7.04. The van der Waals surface area contributed by atoms with Crippen LogP contribution in [0.4, 0.5) is 0 Å². The molecule has 19 heavy (non-hydrogen) atoms. The highest BCUT2D eigenvalue weighted by Gasteiger charge is 2.16. The fourth-order valence-electron chi connectivity index (χ4n) is 2.05. The average Bonchev–Trinajstić information content (AvgIpc) is 2.37. The molecule has 0 aliphatic rings. The Balaban J connectivity index is 2.81. The van der Waals surface area contributed by atoms with Gasteiger partial charge in [0.1, 0.15) is 5.75 Å². The molecule has 0 heterocycles. The zero-order valence-electron chi connectivity index (χ0n) is 12.8. The smallest absolute Gasteiger partial charge is 0.123 e. The lowest BCUT2D eigenvalue weighted by atomic mass is 10.0. The molecule has 0 saturated carbocycles. The molecule has 0 radical (unpaired) electrons. The maximum absolute atomic E-state index is 5.79. The van der Waals surface area contributed by atoms with Crippen LogP contribution in [-0.2, 0) is 4.74 Å². The summed E-state index contributed by atoms with van der Waals surface area (Å²) >= 11 is 0. The molecule has 0 aliphatic heterocycles. The Morgan fingerprint density at radius 3 is 2.53 bits per heavy atom. The summed E-state index contributed by atoms with van der Waals surface area (Å²) in [6.45, 7) is 10.9. The maximum Gasteiger partial charge on any atom is 0.123 e. The van der Waals surface area contributed by atoms with Crippen molar-refractivity contribution in [2.75, 3.05) is 26.9 Å². The topological polar surface area (TPSA) is 30.5 Å². The molecular weight excluding hydrogens is 238 g/mol. The zero-order chi connectivity index (χ0) is 14.3. The van der Waals surface area contributed by atoms with E-state index in [2.05, 4.69) is 45.1 Å². The first kappa shape index (κ1) is 16.0. The number of nitrogens with one attached hydrogen (secondary N) is 1. The Bertz CT molecular complexity index is 377. The Kier molecular flexibility index (Phi) is 6.89. The van der Waals surface area contributed by atoms with Crippen molar-refractivity contribution in [3.05, 3.63) is 29.3 Å². The predicted octanol–water partition coefficient (Wildman–Crippen LogP) is 3.33. The summed E-state index contributed by atoms with van der Waals surface area (Å²) in [5.41, 5.74) is 2.41. The van der Waals surface area contributed by atoms with Gasteiger partial charge in [-0.25, -0.2) is 0 Å². The second-order valence-electron chi connectivity index (χ2n) is 5.29. The van der Waals surface area contributed by atoms with E-state index in [-0.39, 0.29) is 6.04 Å². The molecule has 0 saturated heterocycles. The molecule has 108 valence electrons. The standard InChI is InChI=1S/C16H27NO2/c1-6-17-15(11-19-10-12(2)3)14-9-13(4)7-8-16(14)18-5/h7-9,12,15,17H,6,10-11H2,1-5H3. The van der Waals surface area contributed by atoms with Crippen molar-refractivity contribution in [3.63, 3.8) is 0 Å². The molecule has 1 rings (SSSR count). The van der Waals surface area contributed by atoms with Gasteiger partial charge in [0.25, 0.3) is 0 Å². The third-order valence-corrected chi connectivity index (χ3v) is 2.95. The third kappa shape index (κ3) is 5.21. The van der Waals surface area contributed by atoms with Crippen molar-refractivity contribution in [1.29, 1.82) is 0 Å². The molecule has 0 bridgehead atoms. The second kappa shape index (κ2) is 8.18. The van der Waals surface area contributed by atoms with Gasteiger partial charge in [-0.15, -0.1) is 0 Å². The van der Waals surface area contributed by atoms with Gasteiger partial charge in [-0.3, -0.25) is 0 Å². The molecule has 1 aromatic rings. The fraction of sp³-hybridized carbons (Fsp3) is 0.625. The predicted molar refractivity (Wildman–Crippen MR) is 79.8 cm³/mol. The van der Waals surface area contributed by atoms with Gasteiger partial charge in [-0.1, -0.05) is 38.5 Å². The average molecular weight is 265 g/mol. The minimum Gasteiger partial charge on any atom is -0.496 e. The van der Waals surface area contributed by atoms with E-state index >= 15 is 0 Å². The van der Waals surface area contributed by atoms with Crippen LogP contribution in [0.3, 0.4) is 0 Å². The van der Waals surface area contributed by atoms with E-state index in [0.29, 0.717) is 12.5 Å². The third-order valence-electron chi connectivity index (χ3n) is 2.95. The van der Waals surface area contributed by atoms with Gasteiger partial charge >= 0.3 is 0 Å². The van der Waals surface area contributed by atoms with Crippen molar-refractivity contribution in [2.45, 2.75) is 33.7 Å². The molecule has 3 nitrogen and oxygen atoms in total. The van der Waals surface area contributed by atoms with Crippen LogP contribution >= 0.6 is 0 Å². The molecule has 0 amide bonds. The quantitative estimate of drug-likeness (QED) is 0.782. The van der Waals surface area contributed by atoms with Gasteiger partial charge in [0, 0.05) is 12.2 Å². The molecule has 1 aromatic carbocycles.